The van der Waals surface area contributed by atoms with Crippen molar-refractivity contribution >= 4 is 44.2 Å². The zero-order valence-corrected chi connectivity index (χ0v) is 21.2. The summed E-state index contributed by atoms with van der Waals surface area (Å²) in [5.74, 6) is -0.369. The van der Waals surface area contributed by atoms with E-state index in [9.17, 15) is 22.8 Å². The highest BCUT2D eigenvalue weighted by Gasteiger charge is 2.32. The summed E-state index contributed by atoms with van der Waals surface area (Å²) in [6, 6.07) is 8.39. The van der Waals surface area contributed by atoms with Crippen LogP contribution in [0.15, 0.2) is 36.4 Å². The summed E-state index contributed by atoms with van der Waals surface area (Å²) in [4.78, 5) is 32.2. The number of halogens is 3. The van der Waals surface area contributed by atoms with Gasteiger partial charge in [-0.1, -0.05) is 43.7 Å². The second-order valence-electron chi connectivity index (χ2n) is 9.51. The summed E-state index contributed by atoms with van der Waals surface area (Å²) in [6.45, 7) is 7.45. The summed E-state index contributed by atoms with van der Waals surface area (Å²) >= 11 is 1.25. The Kier molecular flexibility index (Phi) is 7.65. The lowest BCUT2D eigenvalue weighted by Gasteiger charge is -2.38. The maximum absolute atomic E-state index is 13.7. The maximum Gasteiger partial charge on any atom is 0.416 e. The van der Waals surface area contributed by atoms with Gasteiger partial charge in [0.1, 0.15) is 0 Å². The molecular weight excluding hydrogens is 489 g/mol. The van der Waals surface area contributed by atoms with E-state index in [4.69, 9.17) is 0 Å². The number of piperidine rings is 1. The van der Waals surface area contributed by atoms with E-state index in [0.717, 1.165) is 50.0 Å². The number of likely N-dealkylation sites (tertiary alicyclic amines) is 1. The highest BCUT2D eigenvalue weighted by Crippen LogP contribution is 2.39. The van der Waals surface area contributed by atoms with Gasteiger partial charge < -0.3 is 10.6 Å². The number of rotatable bonds is 6. The van der Waals surface area contributed by atoms with Crippen molar-refractivity contribution in [3.8, 4) is 0 Å². The number of anilines is 2. The standard InChI is InChI=1S/C26H29F3N4O2S/c1-15(2)14-33-12-5-4-9-20(33)19-10-11-21-23(32-25(36-21)30-16(3)34)22(19)24(35)31-18-8-6-7-17(13-18)26(27,28)29/h6-8,10-11,13,15,20H,4-5,9,12,14H2,1-3H3,(H,31,35)(H,30,32,34). The van der Waals surface area contributed by atoms with Gasteiger partial charge in [0.05, 0.1) is 21.3 Å². The lowest BCUT2D eigenvalue weighted by Crippen LogP contribution is -2.37. The molecule has 1 aromatic heterocycles. The van der Waals surface area contributed by atoms with Crippen molar-refractivity contribution in [2.75, 3.05) is 23.7 Å². The van der Waals surface area contributed by atoms with Crippen LogP contribution in [0.25, 0.3) is 10.2 Å². The maximum atomic E-state index is 13.7. The molecular formula is C26H29F3N4O2S. The molecule has 0 bridgehead atoms. The van der Waals surface area contributed by atoms with Crippen LogP contribution in [0.4, 0.5) is 24.0 Å². The third-order valence-corrected chi connectivity index (χ3v) is 7.06. The molecule has 10 heteroatoms. The Balaban J connectivity index is 1.80. The summed E-state index contributed by atoms with van der Waals surface area (Å²) in [5.41, 5.74) is 0.778. The quantitative estimate of drug-likeness (QED) is 0.380. The number of nitrogens with one attached hydrogen (secondary N) is 2. The van der Waals surface area contributed by atoms with Crippen LogP contribution in [0.1, 0.15) is 67.6 Å². The Morgan fingerprint density at radius 1 is 1.17 bits per heavy atom. The second kappa shape index (κ2) is 10.6. The van der Waals surface area contributed by atoms with Gasteiger partial charge in [0.2, 0.25) is 5.91 Å². The highest BCUT2D eigenvalue weighted by molar-refractivity contribution is 7.22. The van der Waals surface area contributed by atoms with Crippen molar-refractivity contribution in [1.82, 2.24) is 9.88 Å². The lowest BCUT2D eigenvalue weighted by atomic mass is 9.90. The minimum atomic E-state index is -4.52. The minimum Gasteiger partial charge on any atom is -0.322 e. The molecule has 1 saturated heterocycles. The zero-order chi connectivity index (χ0) is 26.0. The van der Waals surface area contributed by atoms with Crippen LogP contribution in [0.5, 0.6) is 0 Å². The van der Waals surface area contributed by atoms with Crippen LogP contribution in [-0.4, -0.2) is 34.8 Å². The molecule has 2 aromatic carbocycles. The van der Waals surface area contributed by atoms with E-state index in [-0.39, 0.29) is 17.6 Å². The van der Waals surface area contributed by atoms with Crippen LogP contribution in [0, 0.1) is 5.92 Å². The van der Waals surface area contributed by atoms with Gasteiger partial charge in [0, 0.05) is 25.2 Å². The van der Waals surface area contributed by atoms with Gasteiger partial charge in [0.15, 0.2) is 5.13 Å². The lowest BCUT2D eigenvalue weighted by molar-refractivity contribution is -0.137. The second-order valence-corrected chi connectivity index (χ2v) is 10.5. The van der Waals surface area contributed by atoms with Crippen LogP contribution in [-0.2, 0) is 11.0 Å². The number of carbonyl (C=O) groups is 2. The van der Waals surface area contributed by atoms with Crippen LogP contribution in [0.2, 0.25) is 0 Å². The fraction of sp³-hybridized carbons (Fsp3) is 0.423. The Labute approximate surface area is 211 Å². The van der Waals surface area contributed by atoms with Crippen molar-refractivity contribution in [3.05, 3.63) is 53.1 Å². The van der Waals surface area contributed by atoms with Gasteiger partial charge in [0.25, 0.3) is 5.91 Å². The monoisotopic (exact) mass is 518 g/mol. The minimum absolute atomic E-state index is 0.0151. The molecule has 2 heterocycles. The molecule has 1 unspecified atom stereocenters. The van der Waals surface area contributed by atoms with Gasteiger partial charge >= 0.3 is 6.18 Å². The number of alkyl halides is 3. The van der Waals surface area contributed by atoms with Crippen molar-refractivity contribution in [2.45, 2.75) is 52.3 Å². The van der Waals surface area contributed by atoms with Crippen LogP contribution in [0.3, 0.4) is 0 Å². The first kappa shape index (κ1) is 26.1. The van der Waals surface area contributed by atoms with E-state index in [1.54, 1.807) is 0 Å². The van der Waals surface area contributed by atoms with E-state index in [2.05, 4.69) is 34.4 Å². The Morgan fingerprint density at radius 2 is 1.94 bits per heavy atom. The van der Waals surface area contributed by atoms with E-state index >= 15 is 0 Å². The first-order chi connectivity index (χ1) is 17.0. The molecule has 1 fully saturated rings. The fourth-order valence-electron chi connectivity index (χ4n) is 4.73. The molecule has 192 valence electrons. The fourth-order valence-corrected chi connectivity index (χ4v) is 5.65. The molecule has 0 spiro atoms. The largest absolute Gasteiger partial charge is 0.416 e. The molecule has 2 N–H and O–H groups in total. The summed E-state index contributed by atoms with van der Waals surface area (Å²) in [5, 5.41) is 5.70. The van der Waals surface area contributed by atoms with Gasteiger partial charge in [-0.05, 0) is 55.1 Å². The molecule has 1 aliphatic heterocycles. The molecule has 1 aliphatic rings. The molecule has 0 aliphatic carbocycles. The molecule has 36 heavy (non-hydrogen) atoms. The average Bonchev–Trinajstić information content (AvgIpc) is 3.19. The predicted octanol–water partition coefficient (Wildman–Crippen LogP) is 6.71. The van der Waals surface area contributed by atoms with Crippen LogP contribution < -0.4 is 10.6 Å². The van der Waals surface area contributed by atoms with Crippen molar-refractivity contribution in [3.63, 3.8) is 0 Å². The van der Waals surface area contributed by atoms with E-state index < -0.39 is 17.6 Å². The first-order valence-corrected chi connectivity index (χ1v) is 12.8. The molecule has 6 nitrogen and oxygen atoms in total. The topological polar surface area (TPSA) is 74.3 Å². The van der Waals surface area contributed by atoms with E-state index in [0.29, 0.717) is 26.8 Å². The Hall–Kier alpha value is -2.98. The Morgan fingerprint density at radius 3 is 2.64 bits per heavy atom. The van der Waals surface area contributed by atoms with Crippen molar-refractivity contribution < 1.29 is 22.8 Å². The van der Waals surface area contributed by atoms with Crippen molar-refractivity contribution in [1.29, 1.82) is 0 Å². The molecule has 3 aromatic rings. The normalized spacial score (nSPS) is 16.9. The molecule has 0 radical (unpaired) electrons. The predicted molar refractivity (Wildman–Crippen MR) is 136 cm³/mol. The zero-order valence-electron chi connectivity index (χ0n) is 20.4. The SMILES string of the molecule is CC(=O)Nc1nc2c(C(=O)Nc3cccc(C(F)(F)F)c3)c(C3CCCCN3CC(C)C)ccc2s1. The molecule has 0 saturated carbocycles. The number of thiazole rings is 1. The number of aromatic nitrogens is 1. The van der Waals surface area contributed by atoms with Crippen molar-refractivity contribution in [2.24, 2.45) is 5.92 Å². The number of nitrogens with zero attached hydrogens (tertiary/aromatic N) is 2. The average molecular weight is 519 g/mol. The third kappa shape index (κ3) is 5.87. The molecule has 1 atom stereocenters. The number of amides is 2. The summed E-state index contributed by atoms with van der Waals surface area (Å²) in [7, 11) is 0. The molecule has 4 rings (SSSR count). The number of hydrogen-bond acceptors (Lipinski definition) is 5. The number of benzene rings is 2. The third-order valence-electron chi connectivity index (χ3n) is 6.12. The first-order valence-electron chi connectivity index (χ1n) is 12.0. The smallest absolute Gasteiger partial charge is 0.322 e. The summed E-state index contributed by atoms with van der Waals surface area (Å²) < 4.78 is 40.4. The van der Waals surface area contributed by atoms with E-state index in [1.807, 2.05) is 12.1 Å². The van der Waals surface area contributed by atoms with Gasteiger partial charge in [-0.3, -0.25) is 14.5 Å². The van der Waals surface area contributed by atoms with Crippen LogP contribution >= 0.6 is 11.3 Å². The number of carbonyl (C=O) groups excluding carboxylic acids is 2. The van der Waals surface area contributed by atoms with Gasteiger partial charge in [-0.15, -0.1) is 0 Å². The number of fused-ring (bicyclic) bond motifs is 1. The summed E-state index contributed by atoms with van der Waals surface area (Å²) in [6.07, 6.45) is -1.57. The molecule has 2 amide bonds. The van der Waals surface area contributed by atoms with Gasteiger partial charge in [-0.2, -0.15) is 13.2 Å². The van der Waals surface area contributed by atoms with Gasteiger partial charge in [-0.25, -0.2) is 4.98 Å². The number of hydrogen-bond donors (Lipinski definition) is 2. The Bertz CT molecular complexity index is 1270. The van der Waals surface area contributed by atoms with E-state index in [1.165, 1.54) is 30.4 Å². The highest BCUT2D eigenvalue weighted by atomic mass is 32.1.